The highest BCUT2D eigenvalue weighted by Crippen LogP contribution is 2.28. The van der Waals surface area contributed by atoms with Gasteiger partial charge in [0, 0.05) is 31.7 Å². The average molecular weight is 261 g/mol. The van der Waals surface area contributed by atoms with Crippen LogP contribution in [0, 0.1) is 0 Å². The van der Waals surface area contributed by atoms with Crippen LogP contribution in [0.5, 0.6) is 0 Å². The summed E-state index contributed by atoms with van der Waals surface area (Å²) < 4.78 is 0. The third kappa shape index (κ3) is 3.56. The summed E-state index contributed by atoms with van der Waals surface area (Å²) in [6.45, 7) is 6.48. The van der Waals surface area contributed by atoms with E-state index in [9.17, 15) is 0 Å². The lowest BCUT2D eigenvalue weighted by Crippen LogP contribution is -2.51. The summed E-state index contributed by atoms with van der Waals surface area (Å²) >= 11 is 0. The molecule has 1 heterocycles. The number of rotatable bonds is 5. The summed E-state index contributed by atoms with van der Waals surface area (Å²) in [5.41, 5.74) is 7.22. The van der Waals surface area contributed by atoms with Crippen LogP contribution >= 0.6 is 0 Å². The highest BCUT2D eigenvalue weighted by molar-refractivity contribution is 5.20. The maximum atomic E-state index is 5.79. The fourth-order valence-electron chi connectivity index (χ4n) is 3.14. The van der Waals surface area contributed by atoms with Crippen molar-refractivity contribution < 1.29 is 0 Å². The summed E-state index contributed by atoms with van der Waals surface area (Å²) in [7, 11) is 2.22. The summed E-state index contributed by atoms with van der Waals surface area (Å²) in [4.78, 5) is 5.10. The molecule has 3 nitrogen and oxygen atoms in total. The lowest BCUT2D eigenvalue weighted by atomic mass is 9.98. The Morgan fingerprint density at radius 1 is 1.26 bits per heavy atom. The van der Waals surface area contributed by atoms with Gasteiger partial charge in [0.15, 0.2) is 0 Å². The van der Waals surface area contributed by atoms with Gasteiger partial charge in [0.25, 0.3) is 0 Å². The molecule has 2 unspecified atom stereocenters. The minimum absolute atomic E-state index is 0.511. The van der Waals surface area contributed by atoms with Crippen molar-refractivity contribution in [3.8, 4) is 0 Å². The monoisotopic (exact) mass is 261 g/mol. The number of hydrogen-bond donors (Lipinski definition) is 1. The molecule has 1 aliphatic rings. The van der Waals surface area contributed by atoms with E-state index in [0.29, 0.717) is 12.1 Å². The zero-order valence-electron chi connectivity index (χ0n) is 12.3. The van der Waals surface area contributed by atoms with Crippen molar-refractivity contribution in [3.05, 3.63) is 35.9 Å². The summed E-state index contributed by atoms with van der Waals surface area (Å²) in [5, 5.41) is 0. The molecule has 0 aliphatic carbocycles. The Morgan fingerprint density at radius 3 is 2.63 bits per heavy atom. The van der Waals surface area contributed by atoms with Crippen LogP contribution in [-0.2, 0) is 0 Å². The molecule has 0 aromatic heterocycles. The van der Waals surface area contributed by atoms with Gasteiger partial charge in [0.05, 0.1) is 0 Å². The van der Waals surface area contributed by atoms with Gasteiger partial charge in [-0.15, -0.1) is 0 Å². The number of nitrogens with zero attached hydrogens (tertiary/aromatic N) is 2. The molecule has 0 bridgehead atoms. The maximum Gasteiger partial charge on any atom is 0.0478 e. The van der Waals surface area contributed by atoms with Crippen molar-refractivity contribution in [2.24, 2.45) is 5.73 Å². The molecule has 106 valence electrons. The first kappa shape index (κ1) is 14.5. The van der Waals surface area contributed by atoms with Gasteiger partial charge >= 0.3 is 0 Å². The molecule has 1 fully saturated rings. The first-order valence-corrected chi connectivity index (χ1v) is 7.45. The Balaban J connectivity index is 2.19. The number of nitrogens with two attached hydrogens (primary N) is 1. The Kier molecular flexibility index (Phi) is 5.37. The van der Waals surface area contributed by atoms with E-state index in [-0.39, 0.29) is 0 Å². The van der Waals surface area contributed by atoms with Crippen molar-refractivity contribution in [1.29, 1.82) is 0 Å². The molecule has 1 aromatic carbocycles. The Hall–Kier alpha value is -0.900. The lowest BCUT2D eigenvalue weighted by molar-refractivity contribution is 0.0470. The average Bonchev–Trinajstić information content (AvgIpc) is 2.46. The SMILES string of the molecule is CCC(CCN)N1CCN(C)CC1c1ccccc1. The van der Waals surface area contributed by atoms with Gasteiger partial charge < -0.3 is 10.6 Å². The van der Waals surface area contributed by atoms with Crippen LogP contribution in [0.2, 0.25) is 0 Å². The number of benzene rings is 1. The van der Waals surface area contributed by atoms with E-state index in [4.69, 9.17) is 5.73 Å². The largest absolute Gasteiger partial charge is 0.330 e. The van der Waals surface area contributed by atoms with E-state index in [1.165, 1.54) is 12.0 Å². The van der Waals surface area contributed by atoms with Crippen LogP contribution < -0.4 is 5.73 Å². The number of piperazine rings is 1. The van der Waals surface area contributed by atoms with Gasteiger partial charge in [-0.25, -0.2) is 0 Å². The highest BCUT2D eigenvalue weighted by atomic mass is 15.3. The Bertz CT molecular complexity index is 366. The zero-order valence-corrected chi connectivity index (χ0v) is 12.3. The third-order valence-corrected chi connectivity index (χ3v) is 4.25. The maximum absolute atomic E-state index is 5.79. The Morgan fingerprint density at radius 2 is 2.00 bits per heavy atom. The fourth-order valence-corrected chi connectivity index (χ4v) is 3.14. The predicted molar refractivity (Wildman–Crippen MR) is 81.1 cm³/mol. The predicted octanol–water partition coefficient (Wildman–Crippen LogP) is 2.10. The van der Waals surface area contributed by atoms with E-state index >= 15 is 0 Å². The van der Waals surface area contributed by atoms with Crippen molar-refractivity contribution in [2.75, 3.05) is 33.2 Å². The van der Waals surface area contributed by atoms with Crippen LogP contribution in [-0.4, -0.2) is 49.1 Å². The van der Waals surface area contributed by atoms with E-state index < -0.39 is 0 Å². The molecule has 0 amide bonds. The van der Waals surface area contributed by atoms with Gasteiger partial charge in [0.1, 0.15) is 0 Å². The van der Waals surface area contributed by atoms with Crippen molar-refractivity contribution in [1.82, 2.24) is 9.80 Å². The topological polar surface area (TPSA) is 32.5 Å². The van der Waals surface area contributed by atoms with E-state index in [0.717, 1.165) is 32.6 Å². The molecule has 3 heteroatoms. The fraction of sp³-hybridized carbons (Fsp3) is 0.625. The van der Waals surface area contributed by atoms with E-state index in [2.05, 4.69) is 54.1 Å². The van der Waals surface area contributed by atoms with Crippen LogP contribution in [0.4, 0.5) is 0 Å². The van der Waals surface area contributed by atoms with Gasteiger partial charge in [-0.3, -0.25) is 4.90 Å². The summed E-state index contributed by atoms with van der Waals surface area (Å²) in [5.74, 6) is 0. The number of likely N-dealkylation sites (N-methyl/N-ethyl adjacent to an activating group) is 1. The molecule has 2 rings (SSSR count). The second-order valence-corrected chi connectivity index (χ2v) is 5.57. The lowest BCUT2D eigenvalue weighted by Gasteiger charge is -2.44. The molecule has 2 N–H and O–H groups in total. The minimum Gasteiger partial charge on any atom is -0.330 e. The van der Waals surface area contributed by atoms with Gasteiger partial charge in [-0.2, -0.15) is 0 Å². The van der Waals surface area contributed by atoms with Crippen LogP contribution in [0.15, 0.2) is 30.3 Å². The molecule has 0 spiro atoms. The highest BCUT2D eigenvalue weighted by Gasteiger charge is 2.30. The summed E-state index contributed by atoms with van der Waals surface area (Å²) in [6, 6.07) is 12.0. The molecular formula is C16H27N3. The molecule has 1 aliphatic heterocycles. The second kappa shape index (κ2) is 7.04. The first-order chi connectivity index (χ1) is 9.26. The van der Waals surface area contributed by atoms with E-state index in [1.54, 1.807) is 0 Å². The molecule has 1 saturated heterocycles. The quantitative estimate of drug-likeness (QED) is 0.881. The molecule has 1 aromatic rings. The summed E-state index contributed by atoms with van der Waals surface area (Å²) in [6.07, 6.45) is 2.29. The van der Waals surface area contributed by atoms with Gasteiger partial charge in [-0.1, -0.05) is 37.3 Å². The smallest absolute Gasteiger partial charge is 0.0478 e. The van der Waals surface area contributed by atoms with Crippen LogP contribution in [0.3, 0.4) is 0 Å². The van der Waals surface area contributed by atoms with E-state index in [1.807, 2.05) is 0 Å². The molecular weight excluding hydrogens is 234 g/mol. The first-order valence-electron chi connectivity index (χ1n) is 7.45. The standard InChI is InChI=1S/C16H27N3/c1-3-15(9-10-17)19-12-11-18(2)13-16(19)14-7-5-4-6-8-14/h4-8,15-16H,3,9-13,17H2,1-2H3. The molecule has 19 heavy (non-hydrogen) atoms. The minimum atomic E-state index is 0.511. The van der Waals surface area contributed by atoms with Gasteiger partial charge in [-0.05, 0) is 32.0 Å². The molecule has 2 atom stereocenters. The normalized spacial score (nSPS) is 23.4. The van der Waals surface area contributed by atoms with Crippen molar-refractivity contribution >= 4 is 0 Å². The van der Waals surface area contributed by atoms with Gasteiger partial charge in [0.2, 0.25) is 0 Å². The zero-order chi connectivity index (χ0) is 13.7. The molecule has 0 saturated carbocycles. The third-order valence-electron chi connectivity index (χ3n) is 4.25. The molecule has 0 radical (unpaired) electrons. The van der Waals surface area contributed by atoms with Crippen LogP contribution in [0.25, 0.3) is 0 Å². The van der Waals surface area contributed by atoms with Crippen molar-refractivity contribution in [3.63, 3.8) is 0 Å². The number of hydrogen-bond acceptors (Lipinski definition) is 3. The second-order valence-electron chi connectivity index (χ2n) is 5.57. The van der Waals surface area contributed by atoms with Crippen LogP contribution in [0.1, 0.15) is 31.4 Å². The van der Waals surface area contributed by atoms with Crippen molar-refractivity contribution in [2.45, 2.75) is 31.8 Å². The Labute approximate surface area is 117 Å².